The van der Waals surface area contributed by atoms with Gasteiger partial charge in [-0.1, -0.05) is 100 Å². The van der Waals surface area contributed by atoms with E-state index in [0.717, 1.165) is 24.0 Å². The highest BCUT2D eigenvalue weighted by Crippen LogP contribution is 2.19. The zero-order valence-electron chi connectivity index (χ0n) is 16.3. The van der Waals surface area contributed by atoms with Crippen LogP contribution < -0.4 is 0 Å². The molecule has 3 nitrogen and oxygen atoms in total. The summed E-state index contributed by atoms with van der Waals surface area (Å²) in [5.41, 5.74) is 2.74. The molecule has 0 aliphatic carbocycles. The van der Waals surface area contributed by atoms with Gasteiger partial charge in [-0.3, -0.25) is 9.59 Å². The maximum Gasteiger partial charge on any atom is 0.306 e. The van der Waals surface area contributed by atoms with Gasteiger partial charge in [0.1, 0.15) is 0 Å². The van der Waals surface area contributed by atoms with E-state index in [1.807, 2.05) is 42.5 Å². The van der Waals surface area contributed by atoms with Crippen LogP contribution in [0.1, 0.15) is 68.6 Å². The van der Waals surface area contributed by atoms with Crippen molar-refractivity contribution < 1.29 is 14.3 Å². The molecular weight excluding hydrogens is 336 g/mol. The average molecular weight is 367 g/mol. The first-order chi connectivity index (χ1) is 13.2. The molecule has 0 fully saturated rings. The third-order valence-electron chi connectivity index (χ3n) is 4.66. The number of hydrogen-bond acceptors (Lipinski definition) is 3. The standard InChI is InChI=1S/C24H30O3/c1-2-3-4-5-6-7-11-14-24(26)27-19-23(25)22-17-15-21(16-18-22)20-12-9-8-10-13-20/h8-10,12-13,15-18H,2-7,11,14,19H2,1H3. The van der Waals surface area contributed by atoms with Crippen LogP contribution in [-0.2, 0) is 9.53 Å². The van der Waals surface area contributed by atoms with Crippen LogP contribution >= 0.6 is 0 Å². The number of rotatable bonds is 12. The fraction of sp³-hybridized carbons (Fsp3) is 0.417. The van der Waals surface area contributed by atoms with E-state index in [-0.39, 0.29) is 18.4 Å². The molecule has 2 aromatic carbocycles. The van der Waals surface area contributed by atoms with Gasteiger partial charge in [-0.25, -0.2) is 0 Å². The molecule has 144 valence electrons. The normalized spacial score (nSPS) is 10.6. The summed E-state index contributed by atoms with van der Waals surface area (Å²) in [7, 11) is 0. The molecule has 0 unspecified atom stereocenters. The number of benzene rings is 2. The Morgan fingerprint density at radius 1 is 0.741 bits per heavy atom. The minimum atomic E-state index is -0.280. The van der Waals surface area contributed by atoms with E-state index in [9.17, 15) is 9.59 Å². The molecular formula is C24H30O3. The number of esters is 1. The Balaban J connectivity index is 1.67. The van der Waals surface area contributed by atoms with E-state index in [1.165, 1.54) is 32.1 Å². The Labute approximate surface area is 162 Å². The average Bonchev–Trinajstić information content (AvgIpc) is 2.72. The van der Waals surface area contributed by atoms with Crippen molar-refractivity contribution >= 4 is 11.8 Å². The van der Waals surface area contributed by atoms with Crippen LogP contribution in [0, 0.1) is 0 Å². The molecule has 0 radical (unpaired) electrons. The number of ketones is 1. The second kappa shape index (κ2) is 12.1. The lowest BCUT2D eigenvalue weighted by Gasteiger charge is -2.06. The molecule has 27 heavy (non-hydrogen) atoms. The fourth-order valence-corrected chi connectivity index (χ4v) is 3.01. The summed E-state index contributed by atoms with van der Waals surface area (Å²) in [6.07, 6.45) is 8.50. The highest BCUT2D eigenvalue weighted by Gasteiger charge is 2.10. The molecule has 2 aromatic rings. The molecule has 0 bridgehead atoms. The summed E-state index contributed by atoms with van der Waals surface area (Å²) in [4.78, 5) is 24.0. The largest absolute Gasteiger partial charge is 0.457 e. The lowest BCUT2D eigenvalue weighted by atomic mass is 10.0. The quantitative estimate of drug-likeness (QED) is 0.254. The summed E-state index contributed by atoms with van der Waals surface area (Å²) in [5.74, 6) is -0.444. The van der Waals surface area contributed by atoms with Crippen molar-refractivity contribution in [2.75, 3.05) is 6.61 Å². The van der Waals surface area contributed by atoms with Crippen LogP contribution in [0.25, 0.3) is 11.1 Å². The van der Waals surface area contributed by atoms with Gasteiger partial charge >= 0.3 is 5.97 Å². The Bertz CT molecular complexity index is 689. The molecule has 3 heteroatoms. The number of Topliss-reactive ketones (excluding diaryl/α,β-unsaturated/α-hetero) is 1. The second-order valence-electron chi connectivity index (χ2n) is 6.90. The summed E-state index contributed by atoms with van der Waals surface area (Å²) >= 11 is 0. The van der Waals surface area contributed by atoms with Crippen molar-refractivity contribution in [3.05, 3.63) is 60.2 Å². The summed E-state index contributed by atoms with van der Waals surface area (Å²) in [6.45, 7) is 2.02. The molecule has 0 aromatic heterocycles. The minimum absolute atomic E-state index is 0.164. The van der Waals surface area contributed by atoms with Crippen LogP contribution in [0.2, 0.25) is 0 Å². The van der Waals surface area contributed by atoms with Gasteiger partial charge in [-0.2, -0.15) is 0 Å². The van der Waals surface area contributed by atoms with Gasteiger partial charge in [0.15, 0.2) is 12.4 Å². The smallest absolute Gasteiger partial charge is 0.306 e. The lowest BCUT2D eigenvalue weighted by Crippen LogP contribution is -2.13. The van der Waals surface area contributed by atoms with Gasteiger partial charge in [-0.05, 0) is 17.5 Å². The van der Waals surface area contributed by atoms with E-state index >= 15 is 0 Å². The molecule has 0 aliphatic heterocycles. The maximum absolute atomic E-state index is 12.2. The predicted molar refractivity (Wildman–Crippen MR) is 110 cm³/mol. The number of hydrogen-bond donors (Lipinski definition) is 0. The topological polar surface area (TPSA) is 43.4 Å². The molecule has 0 atom stereocenters. The van der Waals surface area contributed by atoms with E-state index in [1.54, 1.807) is 12.1 Å². The second-order valence-corrected chi connectivity index (χ2v) is 6.90. The zero-order chi connectivity index (χ0) is 19.3. The number of ether oxygens (including phenoxy) is 1. The lowest BCUT2D eigenvalue weighted by molar-refractivity contribution is -0.142. The van der Waals surface area contributed by atoms with Gasteiger partial charge in [0.2, 0.25) is 0 Å². The molecule has 0 amide bonds. The minimum Gasteiger partial charge on any atom is -0.457 e. The molecule has 0 heterocycles. The van der Waals surface area contributed by atoms with Crippen molar-refractivity contribution in [3.8, 4) is 11.1 Å². The number of carbonyl (C=O) groups excluding carboxylic acids is 2. The molecule has 0 saturated heterocycles. The van der Waals surface area contributed by atoms with Crippen molar-refractivity contribution in [1.29, 1.82) is 0 Å². The van der Waals surface area contributed by atoms with E-state index < -0.39 is 0 Å². The van der Waals surface area contributed by atoms with Crippen LogP contribution in [-0.4, -0.2) is 18.4 Å². The summed E-state index contributed by atoms with van der Waals surface area (Å²) in [5, 5.41) is 0. The fourth-order valence-electron chi connectivity index (χ4n) is 3.01. The molecule has 0 aliphatic rings. The van der Waals surface area contributed by atoms with Crippen molar-refractivity contribution in [2.45, 2.75) is 58.3 Å². The van der Waals surface area contributed by atoms with Crippen LogP contribution in [0.3, 0.4) is 0 Å². The molecule has 2 rings (SSSR count). The first kappa shape index (κ1) is 20.9. The Morgan fingerprint density at radius 2 is 1.33 bits per heavy atom. The first-order valence-electron chi connectivity index (χ1n) is 10.0. The maximum atomic E-state index is 12.2. The molecule has 0 spiro atoms. The highest BCUT2D eigenvalue weighted by molar-refractivity contribution is 5.98. The van der Waals surface area contributed by atoms with Crippen molar-refractivity contribution in [3.63, 3.8) is 0 Å². The van der Waals surface area contributed by atoms with Gasteiger partial charge < -0.3 is 4.74 Å². The van der Waals surface area contributed by atoms with Crippen LogP contribution in [0.4, 0.5) is 0 Å². The Morgan fingerprint density at radius 3 is 2.00 bits per heavy atom. The first-order valence-corrected chi connectivity index (χ1v) is 10.0. The third kappa shape index (κ3) is 7.78. The zero-order valence-corrected chi connectivity index (χ0v) is 16.3. The van der Waals surface area contributed by atoms with E-state index in [2.05, 4.69) is 6.92 Å². The van der Waals surface area contributed by atoms with Gasteiger partial charge in [0.05, 0.1) is 0 Å². The van der Waals surface area contributed by atoms with Crippen LogP contribution in [0.15, 0.2) is 54.6 Å². The SMILES string of the molecule is CCCCCCCCCC(=O)OCC(=O)c1ccc(-c2ccccc2)cc1. The Kier molecular flexibility index (Phi) is 9.33. The van der Waals surface area contributed by atoms with E-state index in [4.69, 9.17) is 4.74 Å². The third-order valence-corrected chi connectivity index (χ3v) is 4.66. The van der Waals surface area contributed by atoms with E-state index in [0.29, 0.717) is 12.0 Å². The number of carbonyl (C=O) groups is 2. The highest BCUT2D eigenvalue weighted by atomic mass is 16.5. The Hall–Kier alpha value is -2.42. The van der Waals surface area contributed by atoms with Gasteiger partial charge in [0.25, 0.3) is 0 Å². The predicted octanol–water partition coefficient (Wildman–Crippen LogP) is 6.22. The summed E-state index contributed by atoms with van der Waals surface area (Å²) < 4.78 is 5.13. The molecule has 0 N–H and O–H groups in total. The van der Waals surface area contributed by atoms with Crippen molar-refractivity contribution in [2.24, 2.45) is 0 Å². The molecule has 0 saturated carbocycles. The van der Waals surface area contributed by atoms with Gasteiger partial charge in [0, 0.05) is 12.0 Å². The number of unbranched alkanes of at least 4 members (excludes halogenated alkanes) is 6. The van der Waals surface area contributed by atoms with Gasteiger partial charge in [-0.15, -0.1) is 0 Å². The summed E-state index contributed by atoms with van der Waals surface area (Å²) in [6, 6.07) is 17.4. The van der Waals surface area contributed by atoms with Crippen molar-refractivity contribution in [1.82, 2.24) is 0 Å². The monoisotopic (exact) mass is 366 g/mol. The van der Waals surface area contributed by atoms with Crippen LogP contribution in [0.5, 0.6) is 0 Å².